The molecular formula is C25H33FO3. The van der Waals surface area contributed by atoms with Crippen molar-refractivity contribution in [3.05, 3.63) is 71.3 Å². The van der Waals surface area contributed by atoms with Gasteiger partial charge in [-0.15, -0.1) is 0 Å². The van der Waals surface area contributed by atoms with E-state index in [1.54, 1.807) is 19.1 Å². The Morgan fingerprint density at radius 2 is 1.48 bits per heavy atom. The number of unbranched alkanes of at least 4 members (excludes halogenated alkanes) is 5. The third kappa shape index (κ3) is 7.98. The quantitative estimate of drug-likeness (QED) is 0.344. The molecule has 2 atom stereocenters. The fourth-order valence-corrected chi connectivity index (χ4v) is 3.56. The van der Waals surface area contributed by atoms with Crippen molar-refractivity contribution in [1.82, 2.24) is 0 Å². The first-order chi connectivity index (χ1) is 14.1. The minimum absolute atomic E-state index is 0.0962. The molecule has 2 aromatic carbocycles. The zero-order valence-electron chi connectivity index (χ0n) is 17.4. The summed E-state index contributed by atoms with van der Waals surface area (Å²) in [5.74, 6) is -1.01. The summed E-state index contributed by atoms with van der Waals surface area (Å²) in [6, 6.07) is 17.8. The third-order valence-electron chi connectivity index (χ3n) is 5.17. The predicted octanol–water partition coefficient (Wildman–Crippen LogP) is 5.75. The van der Waals surface area contributed by atoms with Gasteiger partial charge in [0.25, 0.3) is 0 Å². The first-order valence-corrected chi connectivity index (χ1v) is 10.7. The molecule has 0 heterocycles. The molecule has 0 aromatic heterocycles. The topological polar surface area (TPSA) is 46.5 Å². The zero-order valence-corrected chi connectivity index (χ0v) is 17.4. The van der Waals surface area contributed by atoms with Crippen LogP contribution in [0.15, 0.2) is 54.6 Å². The molecule has 3 nitrogen and oxygen atoms in total. The van der Waals surface area contributed by atoms with E-state index in [4.69, 9.17) is 0 Å². The second kappa shape index (κ2) is 13.1. The van der Waals surface area contributed by atoms with Crippen LogP contribution < -0.4 is 0 Å². The van der Waals surface area contributed by atoms with Gasteiger partial charge in [-0.25, -0.2) is 9.18 Å². The average molecular weight is 401 g/mol. The van der Waals surface area contributed by atoms with Crippen molar-refractivity contribution in [2.45, 2.75) is 70.6 Å². The van der Waals surface area contributed by atoms with Crippen LogP contribution in [0, 0.1) is 0 Å². The highest BCUT2D eigenvalue weighted by Gasteiger charge is 2.30. The van der Waals surface area contributed by atoms with Crippen LogP contribution in [0.2, 0.25) is 0 Å². The summed E-state index contributed by atoms with van der Waals surface area (Å²) in [4.78, 5) is 11.6. The number of hydrogen-bond acceptors (Lipinski definition) is 3. The molecule has 0 amide bonds. The van der Waals surface area contributed by atoms with Crippen LogP contribution >= 0.6 is 0 Å². The highest BCUT2D eigenvalue weighted by atomic mass is 19.1. The Balaban J connectivity index is 1.69. The lowest BCUT2D eigenvalue weighted by molar-refractivity contribution is -0.153. The van der Waals surface area contributed by atoms with Gasteiger partial charge in [-0.1, -0.05) is 80.3 Å². The highest BCUT2D eigenvalue weighted by Crippen LogP contribution is 2.25. The molecule has 0 radical (unpaired) electrons. The van der Waals surface area contributed by atoms with E-state index >= 15 is 0 Å². The Kier molecular flexibility index (Phi) is 10.4. The number of halogens is 1. The number of carbonyl (C=O) groups excluding carboxylic acids is 1. The van der Waals surface area contributed by atoms with Crippen molar-refractivity contribution in [2.75, 3.05) is 6.61 Å². The summed E-state index contributed by atoms with van der Waals surface area (Å²) in [5.41, 5.74) is 2.78. The lowest BCUT2D eigenvalue weighted by Crippen LogP contribution is -2.26. The minimum Gasteiger partial charge on any atom is -0.464 e. The lowest BCUT2D eigenvalue weighted by atomic mass is 9.95. The van der Waals surface area contributed by atoms with Gasteiger partial charge >= 0.3 is 5.97 Å². The first kappa shape index (κ1) is 23.1. The number of alkyl halides is 1. The number of ether oxygens (including phenoxy) is 1. The van der Waals surface area contributed by atoms with Crippen LogP contribution in [-0.2, 0) is 22.4 Å². The summed E-state index contributed by atoms with van der Waals surface area (Å²) in [5, 5.41) is 10.3. The van der Waals surface area contributed by atoms with Crippen LogP contribution in [0.1, 0.15) is 68.2 Å². The summed E-state index contributed by atoms with van der Waals surface area (Å²) in [6.07, 6.45) is 5.29. The van der Waals surface area contributed by atoms with Crippen molar-refractivity contribution in [3.8, 4) is 0 Å². The number of carbonyl (C=O) groups is 1. The maximum atomic E-state index is 14.2. The zero-order chi connectivity index (χ0) is 20.9. The fourth-order valence-electron chi connectivity index (χ4n) is 3.56. The van der Waals surface area contributed by atoms with E-state index in [1.807, 2.05) is 18.2 Å². The standard InChI is InChI=1S/C25H33FO3/c1-2-29-25(28)23(26)24(27)22-19-13-12-18-21(22)17-11-6-4-3-5-8-14-20-15-9-7-10-16-20/h7,9-10,12-13,15-16,18-19,23-24,27H,2-6,8,11,14,17H2,1H3. The molecule has 0 spiro atoms. The largest absolute Gasteiger partial charge is 0.464 e. The summed E-state index contributed by atoms with van der Waals surface area (Å²) in [7, 11) is 0. The highest BCUT2D eigenvalue weighted by molar-refractivity contribution is 5.75. The van der Waals surface area contributed by atoms with Crippen LogP contribution in [0.3, 0.4) is 0 Å². The maximum Gasteiger partial charge on any atom is 0.343 e. The molecule has 0 aliphatic carbocycles. The number of esters is 1. The Hall–Kier alpha value is -2.20. The lowest BCUT2D eigenvalue weighted by Gasteiger charge is -2.18. The van der Waals surface area contributed by atoms with E-state index in [1.165, 1.54) is 31.2 Å². The number of rotatable bonds is 13. The molecule has 0 saturated heterocycles. The van der Waals surface area contributed by atoms with Crippen molar-refractivity contribution in [2.24, 2.45) is 0 Å². The molecule has 0 bridgehead atoms. The van der Waals surface area contributed by atoms with E-state index in [0.717, 1.165) is 31.2 Å². The fraction of sp³-hybridized carbons (Fsp3) is 0.480. The molecule has 158 valence electrons. The second-order valence-electron chi connectivity index (χ2n) is 7.40. The molecule has 4 heteroatoms. The summed E-state index contributed by atoms with van der Waals surface area (Å²) < 4.78 is 18.9. The molecule has 0 aliphatic rings. The van der Waals surface area contributed by atoms with E-state index in [0.29, 0.717) is 5.56 Å². The van der Waals surface area contributed by atoms with E-state index in [9.17, 15) is 14.3 Å². The molecule has 2 aromatic rings. The van der Waals surface area contributed by atoms with Crippen LogP contribution in [-0.4, -0.2) is 23.9 Å². The Morgan fingerprint density at radius 1 is 0.897 bits per heavy atom. The SMILES string of the molecule is CCOC(=O)C(F)C(O)c1ccccc1CCCCCCCCc1ccccc1. The van der Waals surface area contributed by atoms with Gasteiger partial charge in [0.05, 0.1) is 6.61 Å². The van der Waals surface area contributed by atoms with Gasteiger partial charge in [-0.3, -0.25) is 0 Å². The third-order valence-corrected chi connectivity index (χ3v) is 5.17. The van der Waals surface area contributed by atoms with Crippen molar-refractivity contribution < 1.29 is 19.0 Å². The molecule has 0 fully saturated rings. The van der Waals surface area contributed by atoms with Gasteiger partial charge in [-0.05, 0) is 49.3 Å². The first-order valence-electron chi connectivity index (χ1n) is 10.7. The van der Waals surface area contributed by atoms with Gasteiger partial charge in [0.1, 0.15) is 6.10 Å². The van der Waals surface area contributed by atoms with Gasteiger partial charge in [0, 0.05) is 0 Å². The van der Waals surface area contributed by atoms with Gasteiger partial charge in [-0.2, -0.15) is 0 Å². The molecule has 0 saturated carbocycles. The molecule has 0 aliphatic heterocycles. The van der Waals surface area contributed by atoms with E-state index in [2.05, 4.69) is 29.0 Å². The Morgan fingerprint density at radius 3 is 2.17 bits per heavy atom. The molecule has 2 rings (SSSR count). The normalized spacial score (nSPS) is 13.1. The molecule has 2 unspecified atom stereocenters. The van der Waals surface area contributed by atoms with Crippen LogP contribution in [0.25, 0.3) is 0 Å². The monoisotopic (exact) mass is 400 g/mol. The Labute approximate surface area is 173 Å². The predicted molar refractivity (Wildman–Crippen MR) is 114 cm³/mol. The average Bonchev–Trinajstić information content (AvgIpc) is 2.75. The minimum atomic E-state index is -2.05. The second-order valence-corrected chi connectivity index (χ2v) is 7.40. The van der Waals surface area contributed by atoms with Crippen molar-refractivity contribution >= 4 is 5.97 Å². The van der Waals surface area contributed by atoms with Gasteiger partial charge in [0.2, 0.25) is 6.17 Å². The molecular weight excluding hydrogens is 367 g/mol. The van der Waals surface area contributed by atoms with Gasteiger partial charge < -0.3 is 9.84 Å². The summed E-state index contributed by atoms with van der Waals surface area (Å²) in [6.45, 7) is 1.71. The molecule has 29 heavy (non-hydrogen) atoms. The van der Waals surface area contributed by atoms with Crippen LogP contribution in [0.5, 0.6) is 0 Å². The summed E-state index contributed by atoms with van der Waals surface area (Å²) >= 11 is 0. The van der Waals surface area contributed by atoms with E-state index < -0.39 is 18.2 Å². The number of aliphatic hydroxyl groups is 1. The molecule has 1 N–H and O–H groups in total. The number of hydrogen-bond donors (Lipinski definition) is 1. The Bertz CT molecular complexity index is 717. The van der Waals surface area contributed by atoms with Crippen molar-refractivity contribution in [3.63, 3.8) is 0 Å². The smallest absolute Gasteiger partial charge is 0.343 e. The number of aryl methyl sites for hydroxylation is 2. The van der Waals surface area contributed by atoms with Gasteiger partial charge in [0.15, 0.2) is 0 Å². The van der Waals surface area contributed by atoms with E-state index in [-0.39, 0.29) is 6.61 Å². The number of benzene rings is 2. The maximum absolute atomic E-state index is 14.2. The van der Waals surface area contributed by atoms with Crippen molar-refractivity contribution in [1.29, 1.82) is 0 Å². The number of aliphatic hydroxyl groups excluding tert-OH is 1. The van der Waals surface area contributed by atoms with Crippen LogP contribution in [0.4, 0.5) is 4.39 Å².